The first-order valence-electron chi connectivity index (χ1n) is 7.98. The molecule has 21 heavy (non-hydrogen) atoms. The van der Waals surface area contributed by atoms with Crippen molar-refractivity contribution in [2.45, 2.75) is 78.1 Å². The molecule has 0 fully saturated rings. The van der Waals surface area contributed by atoms with E-state index in [-0.39, 0.29) is 5.57 Å². The van der Waals surface area contributed by atoms with Crippen LogP contribution in [0.15, 0.2) is 17.1 Å². The first-order chi connectivity index (χ1) is 10.1. The molecule has 0 radical (unpaired) electrons. The minimum Gasteiger partial charge on any atom is -0.478 e. The quantitative estimate of drug-likeness (QED) is 0.241. The van der Waals surface area contributed by atoms with Gasteiger partial charge < -0.3 is 5.11 Å². The number of unbranched alkanes of at least 4 members (excludes halogenated alkanes) is 9. The molecule has 0 atom stereocenters. The van der Waals surface area contributed by atoms with E-state index in [9.17, 15) is 9.59 Å². The highest BCUT2D eigenvalue weighted by Crippen LogP contribution is 2.10. The molecule has 0 heterocycles. The topological polar surface area (TPSA) is 66.7 Å². The van der Waals surface area contributed by atoms with Crippen LogP contribution in [0.2, 0.25) is 0 Å². The van der Waals surface area contributed by atoms with Gasteiger partial charge in [-0.15, -0.1) is 0 Å². The molecule has 0 aromatic heterocycles. The number of aliphatic carboxylic acids is 1. The van der Waals surface area contributed by atoms with Crippen LogP contribution < -0.4 is 0 Å². The van der Waals surface area contributed by atoms with Crippen molar-refractivity contribution in [1.29, 1.82) is 0 Å². The molecule has 0 unspecified atom stereocenters. The summed E-state index contributed by atoms with van der Waals surface area (Å²) in [7, 11) is 0. The van der Waals surface area contributed by atoms with Gasteiger partial charge in [-0.3, -0.25) is 0 Å². The van der Waals surface area contributed by atoms with Gasteiger partial charge in [0.1, 0.15) is 0 Å². The molecule has 4 nitrogen and oxygen atoms in total. The number of hydrogen-bond donors (Lipinski definition) is 1. The van der Waals surface area contributed by atoms with E-state index in [1.54, 1.807) is 6.08 Å². The lowest BCUT2D eigenvalue weighted by molar-refractivity contribution is -0.132. The maximum Gasteiger partial charge on any atom is 0.330 e. The molecule has 1 N–H and O–H groups in total. The van der Waals surface area contributed by atoms with Gasteiger partial charge in [-0.2, -0.15) is 0 Å². The number of isocyanates is 1. The molecule has 122 valence electrons. The highest BCUT2D eigenvalue weighted by atomic mass is 16.4. The molecule has 0 aliphatic rings. The van der Waals surface area contributed by atoms with Crippen molar-refractivity contribution in [3.05, 3.63) is 12.2 Å². The molecule has 0 saturated heterocycles. The summed E-state index contributed by atoms with van der Waals surface area (Å²) in [4.78, 5) is 22.9. The van der Waals surface area contributed by atoms with Crippen LogP contribution in [0.4, 0.5) is 0 Å². The van der Waals surface area contributed by atoms with E-state index in [2.05, 4.69) is 18.5 Å². The molecule has 0 aliphatic carbocycles. The van der Waals surface area contributed by atoms with Gasteiger partial charge in [-0.25, -0.2) is 14.6 Å². The minimum absolute atomic E-state index is 0.176. The Balaban J connectivity index is 0. The van der Waals surface area contributed by atoms with Crippen molar-refractivity contribution >= 4 is 12.0 Å². The van der Waals surface area contributed by atoms with Gasteiger partial charge >= 0.3 is 5.97 Å². The molecular formula is C17H31NO3. The third-order valence-electron chi connectivity index (χ3n) is 3.05. The normalized spacial score (nSPS) is 9.24. The standard InChI is InChI=1S/C13H25NO.C4H6O2/c1-2-3-4-5-6-7-8-9-10-11-12-14-13-15;1-3(2)4(5)6/h2-12H2,1H3;1H2,2H3,(H,5,6). The number of hydrogen-bond acceptors (Lipinski definition) is 3. The fourth-order valence-corrected chi connectivity index (χ4v) is 1.72. The number of aliphatic imine (C=N–C) groups is 1. The summed E-state index contributed by atoms with van der Waals surface area (Å²) in [5.74, 6) is -0.935. The predicted octanol–water partition coefficient (Wildman–Crippen LogP) is 4.89. The molecule has 0 aromatic carbocycles. The fourth-order valence-electron chi connectivity index (χ4n) is 1.72. The van der Waals surface area contributed by atoms with Crippen LogP contribution in [0.1, 0.15) is 78.1 Å². The van der Waals surface area contributed by atoms with E-state index in [4.69, 9.17) is 5.11 Å². The minimum atomic E-state index is -0.935. The summed E-state index contributed by atoms with van der Waals surface area (Å²) in [5.41, 5.74) is 0.176. The van der Waals surface area contributed by atoms with Crippen LogP contribution in [0.25, 0.3) is 0 Å². The molecular weight excluding hydrogens is 266 g/mol. The van der Waals surface area contributed by atoms with E-state index in [0.29, 0.717) is 6.54 Å². The van der Waals surface area contributed by atoms with Gasteiger partial charge in [-0.05, 0) is 13.3 Å². The van der Waals surface area contributed by atoms with Crippen LogP contribution in [0, 0.1) is 0 Å². The second-order valence-electron chi connectivity index (χ2n) is 5.24. The van der Waals surface area contributed by atoms with E-state index >= 15 is 0 Å². The smallest absolute Gasteiger partial charge is 0.330 e. The van der Waals surface area contributed by atoms with Crippen molar-refractivity contribution in [3.63, 3.8) is 0 Å². The Morgan fingerprint density at radius 1 is 1.00 bits per heavy atom. The number of carboxylic acid groups (broad SMARTS) is 1. The Bertz CT molecular complexity index is 295. The van der Waals surface area contributed by atoms with Crippen molar-refractivity contribution < 1.29 is 14.7 Å². The molecule has 4 heteroatoms. The van der Waals surface area contributed by atoms with Crippen molar-refractivity contribution in [3.8, 4) is 0 Å². The number of rotatable bonds is 12. The number of nitrogens with zero attached hydrogens (tertiary/aromatic N) is 1. The van der Waals surface area contributed by atoms with Gasteiger partial charge in [0.25, 0.3) is 0 Å². The van der Waals surface area contributed by atoms with Crippen molar-refractivity contribution in [1.82, 2.24) is 0 Å². The average Bonchev–Trinajstić information content (AvgIpc) is 2.45. The molecule has 0 aliphatic heterocycles. The molecule has 0 spiro atoms. The molecule has 0 amide bonds. The number of carbonyl (C=O) groups excluding carboxylic acids is 1. The first-order valence-corrected chi connectivity index (χ1v) is 7.98. The average molecular weight is 297 g/mol. The summed E-state index contributed by atoms with van der Waals surface area (Å²) in [5, 5.41) is 7.89. The number of carbonyl (C=O) groups is 1. The Morgan fingerprint density at radius 3 is 1.71 bits per heavy atom. The second-order valence-corrected chi connectivity index (χ2v) is 5.24. The lowest BCUT2D eigenvalue weighted by atomic mass is 10.1. The summed E-state index contributed by atoms with van der Waals surface area (Å²) in [6.07, 6.45) is 14.8. The second kappa shape index (κ2) is 18.6. The van der Waals surface area contributed by atoms with Crippen LogP contribution in [0.5, 0.6) is 0 Å². The van der Waals surface area contributed by atoms with Crippen LogP contribution in [-0.2, 0) is 9.59 Å². The van der Waals surface area contributed by atoms with E-state index in [1.165, 1.54) is 64.7 Å². The Labute approximate surface area is 129 Å². The van der Waals surface area contributed by atoms with Crippen molar-refractivity contribution in [2.75, 3.05) is 6.54 Å². The highest BCUT2D eigenvalue weighted by molar-refractivity contribution is 5.84. The third kappa shape index (κ3) is 24.0. The van der Waals surface area contributed by atoms with Gasteiger partial charge in [0.15, 0.2) is 0 Å². The summed E-state index contributed by atoms with van der Waals surface area (Å²) < 4.78 is 0. The zero-order valence-electron chi connectivity index (χ0n) is 13.7. The molecule has 0 bridgehead atoms. The maximum atomic E-state index is 9.77. The highest BCUT2D eigenvalue weighted by Gasteiger charge is 1.92. The zero-order valence-corrected chi connectivity index (χ0v) is 13.7. The summed E-state index contributed by atoms with van der Waals surface area (Å²) in [6.45, 7) is 7.52. The molecule has 0 saturated carbocycles. The largest absolute Gasteiger partial charge is 0.478 e. The predicted molar refractivity (Wildman–Crippen MR) is 87.3 cm³/mol. The fraction of sp³-hybridized carbons (Fsp3) is 0.765. The van der Waals surface area contributed by atoms with E-state index in [0.717, 1.165) is 6.42 Å². The zero-order chi connectivity index (χ0) is 16.3. The monoisotopic (exact) mass is 297 g/mol. The molecule has 0 rings (SSSR count). The van der Waals surface area contributed by atoms with Gasteiger partial charge in [-0.1, -0.05) is 71.3 Å². The first kappa shape index (κ1) is 21.9. The van der Waals surface area contributed by atoms with Crippen molar-refractivity contribution in [2.24, 2.45) is 4.99 Å². The SMILES string of the molecule is C=C(C)C(=O)O.CCCCCCCCCCCCN=C=O. The maximum absolute atomic E-state index is 9.77. The van der Waals surface area contributed by atoms with Crippen LogP contribution >= 0.6 is 0 Å². The van der Waals surface area contributed by atoms with Gasteiger partial charge in [0, 0.05) is 5.57 Å². The number of carboxylic acids is 1. The Kier molecular flexibility index (Phi) is 19.4. The summed E-state index contributed by atoms with van der Waals surface area (Å²) >= 11 is 0. The van der Waals surface area contributed by atoms with Crippen LogP contribution in [-0.4, -0.2) is 23.7 Å². The molecule has 0 aromatic rings. The third-order valence-corrected chi connectivity index (χ3v) is 3.05. The van der Waals surface area contributed by atoms with Crippen LogP contribution in [0.3, 0.4) is 0 Å². The Morgan fingerprint density at radius 2 is 1.38 bits per heavy atom. The lowest BCUT2D eigenvalue weighted by Gasteiger charge is -2.00. The lowest BCUT2D eigenvalue weighted by Crippen LogP contribution is -1.92. The summed E-state index contributed by atoms with van der Waals surface area (Å²) in [6, 6.07) is 0. The van der Waals surface area contributed by atoms with Gasteiger partial charge in [0.2, 0.25) is 6.08 Å². The van der Waals surface area contributed by atoms with Gasteiger partial charge in [0.05, 0.1) is 6.54 Å². The Hall–Kier alpha value is -1.41. The van der Waals surface area contributed by atoms with E-state index in [1.807, 2.05) is 0 Å². The van der Waals surface area contributed by atoms with E-state index < -0.39 is 5.97 Å².